The minimum absolute atomic E-state index is 0.886. The minimum Gasteiger partial charge on any atom is -0.357 e. The molecule has 20 heavy (non-hydrogen) atoms. The molecule has 0 aliphatic rings. The van der Waals surface area contributed by atoms with Crippen molar-refractivity contribution in [2.45, 2.75) is 26.3 Å². The van der Waals surface area contributed by atoms with Gasteiger partial charge in [-0.15, -0.1) is 0 Å². The van der Waals surface area contributed by atoms with Gasteiger partial charge in [0.25, 0.3) is 0 Å². The van der Waals surface area contributed by atoms with Crippen molar-refractivity contribution in [3.8, 4) is 0 Å². The van der Waals surface area contributed by atoms with Crippen LogP contribution in [0.1, 0.15) is 25.3 Å². The highest BCUT2D eigenvalue weighted by Gasteiger charge is 2.05. The maximum absolute atomic E-state index is 4.70. The summed E-state index contributed by atoms with van der Waals surface area (Å²) in [4.78, 5) is 6.89. The summed E-state index contributed by atoms with van der Waals surface area (Å²) in [6, 6.07) is 10.5. The molecule has 0 saturated carbocycles. The Kier molecular flexibility index (Phi) is 8.96. The van der Waals surface area contributed by atoms with E-state index in [1.54, 1.807) is 0 Å². The van der Waals surface area contributed by atoms with Crippen molar-refractivity contribution >= 4 is 17.7 Å². The Bertz CT molecular complexity index is 379. The highest BCUT2D eigenvalue weighted by atomic mass is 32.2. The molecule has 112 valence electrons. The normalized spacial score (nSPS) is 11.4. The van der Waals surface area contributed by atoms with E-state index in [4.69, 9.17) is 4.99 Å². The number of nitrogens with zero attached hydrogens (tertiary/aromatic N) is 2. The highest BCUT2D eigenvalue weighted by Crippen LogP contribution is 2.04. The van der Waals surface area contributed by atoms with Crippen molar-refractivity contribution in [1.82, 2.24) is 10.2 Å². The third-order valence-electron chi connectivity index (χ3n) is 2.98. The second-order valence-corrected chi connectivity index (χ2v) is 5.76. The molecule has 0 heterocycles. The molecular weight excluding hydrogens is 266 g/mol. The van der Waals surface area contributed by atoms with Crippen LogP contribution in [0.4, 0.5) is 0 Å². The molecule has 0 bridgehead atoms. The van der Waals surface area contributed by atoms with Gasteiger partial charge in [-0.1, -0.05) is 30.3 Å². The summed E-state index contributed by atoms with van der Waals surface area (Å²) in [5, 5.41) is 3.36. The highest BCUT2D eigenvalue weighted by molar-refractivity contribution is 7.98. The van der Waals surface area contributed by atoms with Gasteiger partial charge in [0.2, 0.25) is 0 Å². The van der Waals surface area contributed by atoms with Gasteiger partial charge in [-0.3, -0.25) is 4.99 Å². The first-order valence-corrected chi connectivity index (χ1v) is 8.69. The lowest BCUT2D eigenvalue weighted by Gasteiger charge is -2.22. The number of hydrogen-bond acceptors (Lipinski definition) is 2. The third-order valence-corrected chi connectivity index (χ3v) is 3.67. The van der Waals surface area contributed by atoms with Crippen LogP contribution in [0.2, 0.25) is 0 Å². The zero-order valence-electron chi connectivity index (χ0n) is 12.9. The van der Waals surface area contributed by atoms with Gasteiger partial charge in [0.1, 0.15) is 0 Å². The van der Waals surface area contributed by atoms with Crippen LogP contribution in [0, 0.1) is 0 Å². The van der Waals surface area contributed by atoms with E-state index in [-0.39, 0.29) is 0 Å². The smallest absolute Gasteiger partial charge is 0.193 e. The van der Waals surface area contributed by atoms with E-state index in [2.05, 4.69) is 60.8 Å². The lowest BCUT2D eigenvalue weighted by molar-refractivity contribution is 0.476. The monoisotopic (exact) mass is 293 g/mol. The second-order valence-electron chi connectivity index (χ2n) is 4.78. The zero-order chi connectivity index (χ0) is 14.6. The largest absolute Gasteiger partial charge is 0.357 e. The van der Waals surface area contributed by atoms with Gasteiger partial charge in [0.05, 0.1) is 0 Å². The van der Waals surface area contributed by atoms with E-state index in [1.165, 1.54) is 17.7 Å². The van der Waals surface area contributed by atoms with Crippen LogP contribution in [0.5, 0.6) is 0 Å². The first-order valence-electron chi connectivity index (χ1n) is 7.30. The molecule has 0 spiro atoms. The summed E-state index contributed by atoms with van der Waals surface area (Å²) in [5.74, 6) is 2.23. The zero-order valence-corrected chi connectivity index (χ0v) is 13.7. The molecule has 0 aliphatic heterocycles. The van der Waals surface area contributed by atoms with E-state index >= 15 is 0 Å². The van der Waals surface area contributed by atoms with Crippen molar-refractivity contribution < 1.29 is 0 Å². The maximum Gasteiger partial charge on any atom is 0.193 e. The van der Waals surface area contributed by atoms with Gasteiger partial charge in [0.15, 0.2) is 5.96 Å². The topological polar surface area (TPSA) is 27.6 Å². The molecule has 1 N–H and O–H groups in total. The predicted molar refractivity (Wildman–Crippen MR) is 91.5 cm³/mol. The van der Waals surface area contributed by atoms with Crippen LogP contribution in [0.15, 0.2) is 35.3 Å². The fourth-order valence-corrected chi connectivity index (χ4v) is 2.44. The molecule has 0 fully saturated rings. The molecule has 1 aromatic carbocycles. The lowest BCUT2D eigenvalue weighted by Crippen LogP contribution is -2.38. The Morgan fingerprint density at radius 2 is 2.00 bits per heavy atom. The molecule has 0 aliphatic carbocycles. The summed E-state index contributed by atoms with van der Waals surface area (Å²) in [6.07, 6.45) is 4.56. The fourth-order valence-electron chi connectivity index (χ4n) is 1.95. The number of aliphatic imine (C=N–C) groups is 1. The lowest BCUT2D eigenvalue weighted by atomic mass is 10.2. The summed E-state index contributed by atoms with van der Waals surface area (Å²) in [6.45, 7) is 4.81. The average molecular weight is 293 g/mol. The number of thioether (sulfide) groups is 1. The van der Waals surface area contributed by atoms with E-state index in [9.17, 15) is 0 Å². The fraction of sp³-hybridized carbons (Fsp3) is 0.562. The maximum atomic E-state index is 4.70. The Hall–Kier alpha value is -1.16. The number of guanidine groups is 1. The first-order chi connectivity index (χ1) is 9.77. The molecule has 0 atom stereocenters. The summed E-state index contributed by atoms with van der Waals surface area (Å²) in [7, 11) is 2.09. The first kappa shape index (κ1) is 16.9. The van der Waals surface area contributed by atoms with Crippen LogP contribution in [0.25, 0.3) is 0 Å². The van der Waals surface area contributed by atoms with Gasteiger partial charge in [-0.05, 0) is 37.3 Å². The van der Waals surface area contributed by atoms with E-state index in [0.717, 1.165) is 32.0 Å². The number of unbranched alkanes of at least 4 members (excludes halogenated alkanes) is 1. The minimum atomic E-state index is 0.886. The van der Waals surface area contributed by atoms with Crippen molar-refractivity contribution in [3.05, 3.63) is 35.9 Å². The van der Waals surface area contributed by atoms with E-state index in [0.29, 0.717) is 0 Å². The Labute approximate surface area is 127 Å². The molecule has 1 rings (SSSR count). The van der Waals surface area contributed by atoms with Gasteiger partial charge in [-0.2, -0.15) is 11.8 Å². The molecule has 0 amide bonds. The van der Waals surface area contributed by atoms with Crippen LogP contribution >= 0.6 is 11.8 Å². The van der Waals surface area contributed by atoms with Crippen molar-refractivity contribution in [1.29, 1.82) is 0 Å². The van der Waals surface area contributed by atoms with E-state index in [1.807, 2.05) is 11.8 Å². The summed E-state index contributed by atoms with van der Waals surface area (Å²) < 4.78 is 0. The standard InChI is InChI=1S/C16H27N3S/c1-4-17-16(18-12-8-9-13-20-3)19(2)14-15-10-6-5-7-11-15/h5-7,10-11H,4,8-9,12-14H2,1-3H3,(H,17,18). The predicted octanol–water partition coefficient (Wildman–Crippen LogP) is 3.23. The second kappa shape index (κ2) is 10.6. The number of hydrogen-bond donors (Lipinski definition) is 1. The molecule has 1 aromatic rings. The molecule has 0 unspecified atom stereocenters. The Morgan fingerprint density at radius 3 is 2.65 bits per heavy atom. The summed E-state index contributed by atoms with van der Waals surface area (Å²) >= 11 is 1.90. The van der Waals surface area contributed by atoms with Gasteiger partial charge in [0, 0.05) is 26.7 Å². The SMILES string of the molecule is CCNC(=NCCCCSC)N(C)Cc1ccccc1. The molecule has 4 heteroatoms. The van der Waals surface area contributed by atoms with Crippen LogP contribution in [0.3, 0.4) is 0 Å². The molecule has 0 aromatic heterocycles. The summed E-state index contributed by atoms with van der Waals surface area (Å²) in [5.41, 5.74) is 1.31. The van der Waals surface area contributed by atoms with Crippen LogP contribution in [-0.4, -0.2) is 43.0 Å². The number of benzene rings is 1. The Balaban J connectivity index is 2.48. The van der Waals surface area contributed by atoms with Crippen molar-refractivity contribution in [3.63, 3.8) is 0 Å². The van der Waals surface area contributed by atoms with Gasteiger partial charge < -0.3 is 10.2 Å². The molecular formula is C16H27N3S. The van der Waals surface area contributed by atoms with Crippen molar-refractivity contribution in [2.75, 3.05) is 32.1 Å². The van der Waals surface area contributed by atoms with Crippen molar-refractivity contribution in [2.24, 2.45) is 4.99 Å². The molecule has 0 saturated heterocycles. The van der Waals surface area contributed by atoms with E-state index < -0.39 is 0 Å². The Morgan fingerprint density at radius 1 is 1.25 bits per heavy atom. The third kappa shape index (κ3) is 6.85. The molecule has 3 nitrogen and oxygen atoms in total. The average Bonchev–Trinajstić information content (AvgIpc) is 2.47. The van der Waals surface area contributed by atoms with Crippen LogP contribution < -0.4 is 5.32 Å². The number of rotatable bonds is 8. The van der Waals surface area contributed by atoms with Crippen LogP contribution in [-0.2, 0) is 6.54 Å². The number of nitrogens with one attached hydrogen (secondary N) is 1. The quantitative estimate of drug-likeness (QED) is 0.453. The molecule has 0 radical (unpaired) electrons. The van der Waals surface area contributed by atoms with Gasteiger partial charge in [-0.25, -0.2) is 0 Å². The van der Waals surface area contributed by atoms with Gasteiger partial charge >= 0.3 is 0 Å².